The van der Waals surface area contributed by atoms with E-state index >= 15 is 0 Å². The van der Waals surface area contributed by atoms with Gasteiger partial charge in [-0.1, -0.05) is 19.4 Å². The number of fused-ring (bicyclic) bond motifs is 5. The van der Waals surface area contributed by atoms with Gasteiger partial charge in [-0.05, 0) is 80.2 Å². The lowest BCUT2D eigenvalue weighted by molar-refractivity contribution is -0.117. The Balaban J connectivity index is 1.68. The van der Waals surface area contributed by atoms with Gasteiger partial charge in [0.1, 0.15) is 0 Å². The molecule has 2 N–H and O–H groups in total. The van der Waals surface area contributed by atoms with Crippen molar-refractivity contribution in [2.75, 3.05) is 7.05 Å². The summed E-state index contributed by atoms with van der Waals surface area (Å²) in [7, 11) is 2.00. The Labute approximate surface area is 139 Å². The zero-order valence-corrected chi connectivity index (χ0v) is 14.8. The van der Waals surface area contributed by atoms with Crippen molar-refractivity contribution < 1.29 is 9.90 Å². The molecule has 0 aromatic heterocycles. The second-order valence-electron chi connectivity index (χ2n) is 9.08. The third-order valence-corrected chi connectivity index (χ3v) is 8.30. The van der Waals surface area contributed by atoms with Gasteiger partial charge in [0.15, 0.2) is 5.78 Å². The minimum Gasteiger partial charge on any atom is -0.391 e. The molecule has 0 aliphatic heterocycles. The summed E-state index contributed by atoms with van der Waals surface area (Å²) in [5.74, 6) is 2.39. The summed E-state index contributed by atoms with van der Waals surface area (Å²) in [4.78, 5) is 11.9. The molecule has 0 heterocycles. The van der Waals surface area contributed by atoms with Gasteiger partial charge in [-0.2, -0.15) is 0 Å². The van der Waals surface area contributed by atoms with Crippen LogP contribution in [-0.2, 0) is 4.79 Å². The van der Waals surface area contributed by atoms with E-state index in [0.717, 1.165) is 31.6 Å². The summed E-state index contributed by atoms with van der Waals surface area (Å²) >= 11 is 0. The summed E-state index contributed by atoms with van der Waals surface area (Å²) in [6.45, 7) is 4.83. The van der Waals surface area contributed by atoms with Gasteiger partial charge in [0.05, 0.1) is 6.10 Å². The van der Waals surface area contributed by atoms with Crippen LogP contribution in [0.25, 0.3) is 0 Å². The van der Waals surface area contributed by atoms with Crippen LogP contribution >= 0.6 is 0 Å². The van der Waals surface area contributed by atoms with Crippen LogP contribution in [0.3, 0.4) is 0 Å². The number of likely N-dealkylation sites (N-methyl/N-ethyl adjacent to an activating group) is 1. The van der Waals surface area contributed by atoms with Crippen molar-refractivity contribution in [3.05, 3.63) is 11.6 Å². The van der Waals surface area contributed by atoms with E-state index in [4.69, 9.17) is 0 Å². The normalized spacial score (nSPS) is 52.4. The van der Waals surface area contributed by atoms with Crippen LogP contribution in [0.1, 0.15) is 58.8 Å². The van der Waals surface area contributed by atoms with E-state index in [9.17, 15) is 9.90 Å². The molecule has 3 fully saturated rings. The maximum absolute atomic E-state index is 11.9. The largest absolute Gasteiger partial charge is 0.391 e. The SMILES string of the molecule is CN[C@H]1[C@H](O)C[C@H]2[C@@H]3CCC4=CC(=O)CC[C@]4(C)[C@H]3CC[C@@]21C. The van der Waals surface area contributed by atoms with Crippen LogP contribution in [0.15, 0.2) is 11.6 Å². The summed E-state index contributed by atoms with van der Waals surface area (Å²) in [5, 5.41) is 14.0. The molecule has 4 aliphatic rings. The van der Waals surface area contributed by atoms with Gasteiger partial charge >= 0.3 is 0 Å². The minimum atomic E-state index is -0.202. The Morgan fingerprint density at radius 2 is 1.96 bits per heavy atom. The molecule has 0 aromatic rings. The van der Waals surface area contributed by atoms with Gasteiger partial charge in [0, 0.05) is 12.5 Å². The molecular formula is C20H31NO2. The number of nitrogens with one attached hydrogen (secondary N) is 1. The number of aliphatic hydroxyl groups excluding tert-OH is 1. The topological polar surface area (TPSA) is 49.3 Å². The third kappa shape index (κ3) is 2.05. The molecule has 4 rings (SSSR count). The fourth-order valence-electron chi connectivity index (χ4n) is 7.10. The Bertz CT molecular complexity index is 556. The van der Waals surface area contributed by atoms with Crippen molar-refractivity contribution in [1.82, 2.24) is 5.32 Å². The van der Waals surface area contributed by atoms with Crippen LogP contribution in [0.2, 0.25) is 0 Å². The number of rotatable bonds is 1. The van der Waals surface area contributed by atoms with Gasteiger partial charge in [-0.3, -0.25) is 4.79 Å². The summed E-state index contributed by atoms with van der Waals surface area (Å²) < 4.78 is 0. The van der Waals surface area contributed by atoms with Crippen molar-refractivity contribution in [1.29, 1.82) is 0 Å². The smallest absolute Gasteiger partial charge is 0.155 e. The predicted octanol–water partition coefficient (Wildman–Crippen LogP) is 3.08. The number of aliphatic hydroxyl groups is 1. The Kier molecular flexibility index (Phi) is 3.55. The zero-order valence-electron chi connectivity index (χ0n) is 14.8. The lowest BCUT2D eigenvalue weighted by atomic mass is 9.47. The highest BCUT2D eigenvalue weighted by molar-refractivity contribution is 5.91. The molecule has 0 amide bonds. The van der Waals surface area contributed by atoms with Crippen molar-refractivity contribution in [3.8, 4) is 0 Å². The monoisotopic (exact) mass is 317 g/mol. The molecule has 0 aromatic carbocycles. The number of carbonyl (C=O) groups is 1. The first-order valence-electron chi connectivity index (χ1n) is 9.49. The van der Waals surface area contributed by atoms with E-state index in [-0.39, 0.29) is 23.0 Å². The average molecular weight is 317 g/mol. The number of hydrogen-bond acceptors (Lipinski definition) is 3. The zero-order chi connectivity index (χ0) is 16.4. The van der Waals surface area contributed by atoms with E-state index in [2.05, 4.69) is 19.2 Å². The van der Waals surface area contributed by atoms with Crippen LogP contribution in [0.5, 0.6) is 0 Å². The van der Waals surface area contributed by atoms with Crippen LogP contribution in [0, 0.1) is 28.6 Å². The Morgan fingerprint density at radius 3 is 2.70 bits per heavy atom. The van der Waals surface area contributed by atoms with Gasteiger partial charge in [0.2, 0.25) is 0 Å². The van der Waals surface area contributed by atoms with Crippen LogP contribution in [-0.4, -0.2) is 30.1 Å². The highest BCUT2D eigenvalue weighted by atomic mass is 16.3. The van der Waals surface area contributed by atoms with Crippen LogP contribution in [0.4, 0.5) is 0 Å². The van der Waals surface area contributed by atoms with Crippen molar-refractivity contribution >= 4 is 5.78 Å². The first kappa shape index (κ1) is 15.8. The van der Waals surface area contributed by atoms with E-state index in [1.54, 1.807) is 0 Å². The fraction of sp³-hybridized carbons (Fsp3) is 0.850. The molecular weight excluding hydrogens is 286 g/mol. The number of ketones is 1. The quantitative estimate of drug-likeness (QED) is 0.781. The average Bonchev–Trinajstić information content (AvgIpc) is 2.77. The summed E-state index contributed by atoms with van der Waals surface area (Å²) in [6.07, 6.45) is 9.27. The molecule has 0 bridgehead atoms. The molecule has 0 saturated heterocycles. The molecule has 7 atom stereocenters. The predicted molar refractivity (Wildman–Crippen MR) is 90.9 cm³/mol. The minimum absolute atomic E-state index is 0.202. The first-order valence-corrected chi connectivity index (χ1v) is 9.49. The second kappa shape index (κ2) is 5.16. The van der Waals surface area contributed by atoms with Gasteiger partial charge in [-0.25, -0.2) is 0 Å². The van der Waals surface area contributed by atoms with Crippen molar-refractivity contribution in [2.45, 2.75) is 70.9 Å². The fourth-order valence-corrected chi connectivity index (χ4v) is 7.10. The number of hydrogen-bond donors (Lipinski definition) is 2. The van der Waals surface area contributed by atoms with E-state index in [1.807, 2.05) is 13.1 Å². The van der Waals surface area contributed by atoms with Crippen LogP contribution < -0.4 is 5.32 Å². The maximum atomic E-state index is 11.9. The summed E-state index contributed by atoms with van der Waals surface area (Å²) in [5.41, 5.74) is 1.90. The summed E-state index contributed by atoms with van der Waals surface area (Å²) in [6, 6.07) is 0.242. The molecule has 0 radical (unpaired) electrons. The molecule has 3 nitrogen and oxygen atoms in total. The lowest BCUT2D eigenvalue weighted by Gasteiger charge is -2.58. The Morgan fingerprint density at radius 1 is 1.17 bits per heavy atom. The van der Waals surface area contributed by atoms with E-state index < -0.39 is 0 Å². The molecule has 0 spiro atoms. The molecule has 128 valence electrons. The Hall–Kier alpha value is -0.670. The van der Waals surface area contributed by atoms with Gasteiger partial charge in [0.25, 0.3) is 0 Å². The second-order valence-corrected chi connectivity index (χ2v) is 9.08. The highest BCUT2D eigenvalue weighted by Gasteiger charge is 2.60. The molecule has 0 unspecified atom stereocenters. The maximum Gasteiger partial charge on any atom is 0.155 e. The van der Waals surface area contributed by atoms with Crippen molar-refractivity contribution in [3.63, 3.8) is 0 Å². The van der Waals surface area contributed by atoms with E-state index in [0.29, 0.717) is 17.6 Å². The molecule has 23 heavy (non-hydrogen) atoms. The standard InChI is InChI=1S/C20H31NO2/c1-19-8-6-13(22)10-12(19)4-5-14-15(19)7-9-20(2)16(14)11-17(23)18(20)21-3/h10,14-18,21,23H,4-9,11H2,1-3H3/t14-,15+,16+,17-,18+,19+,20+/m1/s1. The molecule has 3 heteroatoms. The third-order valence-electron chi connectivity index (χ3n) is 8.30. The lowest BCUT2D eigenvalue weighted by Crippen LogP contribution is -2.53. The van der Waals surface area contributed by atoms with E-state index in [1.165, 1.54) is 24.8 Å². The number of carbonyl (C=O) groups excluding carboxylic acids is 1. The highest BCUT2D eigenvalue weighted by Crippen LogP contribution is 2.65. The number of allylic oxidation sites excluding steroid dienone is 1. The first-order chi connectivity index (χ1) is 10.9. The van der Waals surface area contributed by atoms with Crippen molar-refractivity contribution in [2.24, 2.45) is 28.6 Å². The molecule has 4 aliphatic carbocycles. The van der Waals surface area contributed by atoms with Gasteiger partial charge in [-0.15, -0.1) is 0 Å². The molecule has 3 saturated carbocycles. The van der Waals surface area contributed by atoms with Gasteiger partial charge < -0.3 is 10.4 Å².